The van der Waals surface area contributed by atoms with E-state index in [4.69, 9.17) is 5.73 Å². The number of amides is 1. The molecule has 1 radical (unpaired) electrons. The summed E-state index contributed by atoms with van der Waals surface area (Å²) in [7, 11) is 0. The highest BCUT2D eigenvalue weighted by Gasteiger charge is 2.15. The first-order valence-corrected chi connectivity index (χ1v) is 6.38. The van der Waals surface area contributed by atoms with E-state index >= 15 is 0 Å². The minimum absolute atomic E-state index is 0.00913. The molecule has 0 aliphatic rings. The van der Waals surface area contributed by atoms with Gasteiger partial charge in [0.05, 0.1) is 5.69 Å². The molecule has 4 nitrogen and oxygen atoms in total. The van der Waals surface area contributed by atoms with Gasteiger partial charge in [-0.2, -0.15) is 9.78 Å². The van der Waals surface area contributed by atoms with E-state index in [-0.39, 0.29) is 11.3 Å². The van der Waals surface area contributed by atoms with Crippen LogP contribution < -0.4 is 5.73 Å². The van der Waals surface area contributed by atoms with Crippen molar-refractivity contribution in [2.45, 2.75) is 0 Å². The summed E-state index contributed by atoms with van der Waals surface area (Å²) >= 11 is 0. The molecule has 1 amide bonds. The van der Waals surface area contributed by atoms with Crippen LogP contribution in [-0.4, -0.2) is 15.8 Å². The second-order valence-electron chi connectivity index (χ2n) is 4.59. The van der Waals surface area contributed by atoms with Gasteiger partial charge in [0.1, 0.15) is 17.2 Å². The van der Waals surface area contributed by atoms with Crippen LogP contribution in [0.15, 0.2) is 36.4 Å². The van der Waals surface area contributed by atoms with Crippen LogP contribution in [0.3, 0.4) is 0 Å². The molecule has 6 heteroatoms. The molecule has 0 fully saturated rings. The van der Waals surface area contributed by atoms with Gasteiger partial charge in [0.25, 0.3) is 0 Å². The van der Waals surface area contributed by atoms with Gasteiger partial charge >= 0.3 is 6.03 Å². The normalized spacial score (nSPS) is 11.4. The Kier molecular flexibility index (Phi) is 3.42. The topological polar surface area (TPSA) is 60.9 Å². The highest BCUT2D eigenvalue weighted by Crippen LogP contribution is 2.22. The second kappa shape index (κ2) is 5.40. The number of fused-ring (bicyclic) bond motifs is 1. The maximum atomic E-state index is 13.9. The molecule has 1 heterocycles. The van der Waals surface area contributed by atoms with Crippen molar-refractivity contribution >= 4 is 29.1 Å². The van der Waals surface area contributed by atoms with Crippen LogP contribution in [0.2, 0.25) is 0 Å². The Morgan fingerprint density at radius 1 is 1.27 bits per heavy atom. The van der Waals surface area contributed by atoms with E-state index in [1.54, 1.807) is 24.3 Å². The third kappa shape index (κ3) is 2.46. The molecule has 2 N–H and O–H groups in total. The lowest BCUT2D eigenvalue weighted by molar-refractivity contribution is 0.248. The Bertz CT molecular complexity index is 900. The number of nitrogens with zero attached hydrogens (tertiary/aromatic N) is 2. The van der Waals surface area contributed by atoms with Gasteiger partial charge in [0.15, 0.2) is 0 Å². The van der Waals surface area contributed by atoms with Crippen LogP contribution in [0.1, 0.15) is 11.3 Å². The van der Waals surface area contributed by atoms with Crippen LogP contribution in [0.25, 0.3) is 23.1 Å². The monoisotopic (exact) mass is 298 g/mol. The average Bonchev–Trinajstić information content (AvgIpc) is 2.86. The number of hydrogen-bond donors (Lipinski definition) is 1. The first-order chi connectivity index (χ1) is 10.6. The van der Waals surface area contributed by atoms with Crippen molar-refractivity contribution in [3.8, 4) is 0 Å². The van der Waals surface area contributed by atoms with Gasteiger partial charge in [0, 0.05) is 5.39 Å². The number of carbonyl (C=O) groups excluding carboxylic acids is 1. The molecule has 2 aromatic carbocycles. The molecule has 0 saturated carbocycles. The van der Waals surface area contributed by atoms with Crippen LogP contribution >= 0.6 is 0 Å². The van der Waals surface area contributed by atoms with Crippen molar-refractivity contribution in [2.75, 3.05) is 0 Å². The van der Waals surface area contributed by atoms with Crippen molar-refractivity contribution in [3.63, 3.8) is 0 Å². The summed E-state index contributed by atoms with van der Waals surface area (Å²) in [5, 5.41) is 4.38. The molecular weight excluding hydrogens is 288 g/mol. The molecule has 109 valence electrons. The van der Waals surface area contributed by atoms with E-state index in [9.17, 15) is 13.6 Å². The summed E-state index contributed by atoms with van der Waals surface area (Å²) in [5.74, 6) is -1.01. The van der Waals surface area contributed by atoms with Crippen molar-refractivity contribution in [3.05, 3.63) is 65.4 Å². The van der Waals surface area contributed by atoms with Gasteiger partial charge in [-0.05, 0) is 42.0 Å². The molecule has 0 unspecified atom stereocenters. The zero-order valence-corrected chi connectivity index (χ0v) is 11.3. The van der Waals surface area contributed by atoms with Crippen molar-refractivity contribution in [2.24, 2.45) is 5.73 Å². The van der Waals surface area contributed by atoms with Crippen LogP contribution in [0, 0.1) is 17.7 Å². The number of rotatable bonds is 2. The molecule has 0 aliphatic carbocycles. The third-order valence-corrected chi connectivity index (χ3v) is 3.11. The number of aromatic nitrogens is 2. The fourth-order valence-corrected chi connectivity index (χ4v) is 2.15. The lowest BCUT2D eigenvalue weighted by Gasteiger charge is -1.96. The molecule has 22 heavy (non-hydrogen) atoms. The van der Waals surface area contributed by atoms with E-state index in [0.717, 1.165) is 10.7 Å². The molecule has 0 saturated heterocycles. The highest BCUT2D eigenvalue weighted by molar-refractivity contribution is 5.95. The molecular formula is C16H10F2N3O. The summed E-state index contributed by atoms with van der Waals surface area (Å²) in [6.07, 6.45) is 3.17. The quantitative estimate of drug-likeness (QED) is 0.789. The van der Waals surface area contributed by atoms with Gasteiger partial charge in [-0.15, -0.1) is 0 Å². The summed E-state index contributed by atoms with van der Waals surface area (Å²) in [5.41, 5.74) is 6.15. The average molecular weight is 298 g/mol. The van der Waals surface area contributed by atoms with Gasteiger partial charge in [-0.1, -0.05) is 18.2 Å². The lowest BCUT2D eigenvalue weighted by atomic mass is 10.1. The van der Waals surface area contributed by atoms with E-state index < -0.39 is 11.8 Å². The van der Waals surface area contributed by atoms with Gasteiger partial charge < -0.3 is 5.73 Å². The minimum atomic E-state index is -0.888. The van der Waals surface area contributed by atoms with Crippen LogP contribution in [0.4, 0.5) is 13.6 Å². The van der Waals surface area contributed by atoms with Crippen LogP contribution in [-0.2, 0) is 0 Å². The molecule has 3 rings (SSSR count). The fraction of sp³-hybridized carbons (Fsp3) is 0. The Hall–Kier alpha value is -3.02. The number of nitrogens with two attached hydrogens (primary N) is 1. The molecule has 1 aromatic heterocycles. The van der Waals surface area contributed by atoms with Crippen LogP contribution in [0.5, 0.6) is 0 Å². The zero-order valence-electron chi connectivity index (χ0n) is 11.3. The summed E-state index contributed by atoms with van der Waals surface area (Å²) in [4.78, 5) is 11.4. The van der Waals surface area contributed by atoms with Gasteiger partial charge in [-0.25, -0.2) is 13.6 Å². The first kappa shape index (κ1) is 13.9. The largest absolute Gasteiger partial charge is 0.350 e. The van der Waals surface area contributed by atoms with E-state index in [2.05, 4.69) is 11.2 Å². The zero-order chi connectivity index (χ0) is 15.7. The Morgan fingerprint density at radius 2 is 2.09 bits per heavy atom. The summed E-state index contributed by atoms with van der Waals surface area (Å²) < 4.78 is 27.8. The number of benzene rings is 2. The Labute approximate surface area is 124 Å². The molecule has 0 aliphatic heterocycles. The Balaban J connectivity index is 2.12. The predicted octanol–water partition coefficient (Wildman–Crippen LogP) is 3.21. The number of primary amides is 1. The maximum Gasteiger partial charge on any atom is 0.340 e. The van der Waals surface area contributed by atoms with E-state index in [0.29, 0.717) is 16.6 Å². The minimum Gasteiger partial charge on any atom is -0.350 e. The van der Waals surface area contributed by atoms with Gasteiger partial charge in [0.2, 0.25) is 0 Å². The molecule has 3 aromatic rings. The molecule has 0 bridgehead atoms. The molecule has 0 spiro atoms. The van der Waals surface area contributed by atoms with E-state index in [1.807, 2.05) is 0 Å². The summed E-state index contributed by atoms with van der Waals surface area (Å²) in [6.45, 7) is 0. The summed E-state index contributed by atoms with van der Waals surface area (Å²) in [6, 6.07) is 10.3. The number of hydrogen-bond acceptors (Lipinski definition) is 2. The first-order valence-electron chi connectivity index (χ1n) is 6.38. The number of halogens is 2. The standard InChI is InChI=1S/C16H10F2N3O/c17-11-4-1-3-10(9-11)7-8-14-12-5-2-6-13(18)15(12)21(20-14)16(19)22/h1,3-9H,(H2,19,22). The lowest BCUT2D eigenvalue weighted by Crippen LogP contribution is -2.21. The van der Waals surface area contributed by atoms with E-state index in [1.165, 1.54) is 18.2 Å². The maximum absolute atomic E-state index is 13.9. The second-order valence-corrected chi connectivity index (χ2v) is 4.59. The van der Waals surface area contributed by atoms with Crippen molar-refractivity contribution in [1.29, 1.82) is 0 Å². The third-order valence-electron chi connectivity index (χ3n) is 3.11. The van der Waals surface area contributed by atoms with Gasteiger partial charge in [-0.3, -0.25) is 0 Å². The predicted molar refractivity (Wildman–Crippen MR) is 78.8 cm³/mol. The fourth-order valence-electron chi connectivity index (χ4n) is 2.15. The smallest absolute Gasteiger partial charge is 0.340 e. The highest BCUT2D eigenvalue weighted by atomic mass is 19.1. The molecule has 0 atom stereocenters. The Morgan fingerprint density at radius 3 is 2.82 bits per heavy atom. The van der Waals surface area contributed by atoms with Crippen molar-refractivity contribution in [1.82, 2.24) is 9.78 Å². The van der Waals surface area contributed by atoms with Crippen molar-refractivity contribution < 1.29 is 13.6 Å². The number of carbonyl (C=O) groups is 1. The SMILES string of the molecule is NC(=O)n1nc(C=Cc2cccc(F)c2)c2c[c]cc(F)c21.